The Kier molecular flexibility index (Phi) is 5.20. The van der Waals surface area contributed by atoms with E-state index in [1.807, 2.05) is 11.8 Å². The second-order valence-electron chi connectivity index (χ2n) is 3.14. The fourth-order valence-corrected chi connectivity index (χ4v) is 1.91. The first kappa shape index (κ1) is 12.1. The van der Waals surface area contributed by atoms with E-state index in [4.69, 9.17) is 5.84 Å². The largest absolute Gasteiger partial charge is 0.366 e. The lowest BCUT2D eigenvalue weighted by Gasteiger charge is -2.16. The van der Waals surface area contributed by atoms with Crippen LogP contribution in [0.15, 0.2) is 12.4 Å². The summed E-state index contributed by atoms with van der Waals surface area (Å²) in [5, 5.41) is 3.34. The van der Waals surface area contributed by atoms with Gasteiger partial charge in [-0.05, 0) is 12.7 Å². The van der Waals surface area contributed by atoms with Crippen molar-refractivity contribution in [1.29, 1.82) is 0 Å². The molecule has 0 amide bonds. The molecule has 0 saturated carbocycles. The van der Waals surface area contributed by atoms with E-state index in [0.29, 0.717) is 11.9 Å². The van der Waals surface area contributed by atoms with Crippen LogP contribution in [-0.2, 0) is 0 Å². The average molecular weight is 227 g/mol. The van der Waals surface area contributed by atoms with Gasteiger partial charge in [0, 0.05) is 17.9 Å². The third-order valence-electron chi connectivity index (χ3n) is 2.03. The Morgan fingerprint density at radius 2 is 2.20 bits per heavy atom. The lowest BCUT2D eigenvalue weighted by atomic mass is 10.2. The van der Waals surface area contributed by atoms with E-state index in [1.54, 1.807) is 6.07 Å². The van der Waals surface area contributed by atoms with Crippen molar-refractivity contribution in [2.45, 2.75) is 19.4 Å². The molecule has 1 unspecified atom stereocenters. The molecule has 0 saturated heterocycles. The van der Waals surface area contributed by atoms with Crippen LogP contribution in [0.25, 0.3) is 0 Å². The maximum atomic E-state index is 5.27. The molecule has 0 fully saturated rings. The molecule has 0 aliphatic rings. The van der Waals surface area contributed by atoms with Gasteiger partial charge in [0.25, 0.3) is 0 Å². The van der Waals surface area contributed by atoms with Gasteiger partial charge in [-0.3, -0.25) is 0 Å². The predicted molar refractivity (Wildman–Crippen MR) is 65.9 cm³/mol. The van der Waals surface area contributed by atoms with Gasteiger partial charge in [-0.2, -0.15) is 11.8 Å². The number of hydrogen-bond acceptors (Lipinski definition) is 6. The van der Waals surface area contributed by atoms with Gasteiger partial charge in [-0.1, -0.05) is 6.92 Å². The third-order valence-corrected chi connectivity index (χ3v) is 2.76. The Hall–Kier alpha value is -1.01. The SMILES string of the molecule is CCC(CSC)Nc1cc(NN)ncn1. The molecule has 0 bridgehead atoms. The Morgan fingerprint density at radius 1 is 1.47 bits per heavy atom. The highest BCUT2D eigenvalue weighted by Crippen LogP contribution is 2.11. The summed E-state index contributed by atoms with van der Waals surface area (Å²) in [4.78, 5) is 8.07. The van der Waals surface area contributed by atoms with E-state index >= 15 is 0 Å². The molecule has 0 aliphatic carbocycles. The van der Waals surface area contributed by atoms with Crippen molar-refractivity contribution < 1.29 is 0 Å². The number of hydrogen-bond donors (Lipinski definition) is 3. The molecule has 15 heavy (non-hydrogen) atoms. The first-order valence-corrected chi connectivity index (χ1v) is 6.23. The van der Waals surface area contributed by atoms with Crippen molar-refractivity contribution >= 4 is 23.4 Å². The van der Waals surface area contributed by atoms with E-state index in [1.165, 1.54) is 6.33 Å². The average Bonchev–Trinajstić information content (AvgIpc) is 2.29. The summed E-state index contributed by atoms with van der Waals surface area (Å²) < 4.78 is 0. The van der Waals surface area contributed by atoms with Crippen LogP contribution >= 0.6 is 11.8 Å². The summed E-state index contributed by atoms with van der Waals surface area (Å²) >= 11 is 1.82. The van der Waals surface area contributed by atoms with Crippen molar-refractivity contribution in [2.24, 2.45) is 5.84 Å². The molecule has 1 heterocycles. The highest BCUT2D eigenvalue weighted by atomic mass is 32.2. The summed E-state index contributed by atoms with van der Waals surface area (Å²) in [6.07, 6.45) is 4.65. The van der Waals surface area contributed by atoms with E-state index in [2.05, 4.69) is 33.9 Å². The molecule has 0 aliphatic heterocycles. The molecule has 84 valence electrons. The normalized spacial score (nSPS) is 12.2. The molecule has 0 aromatic carbocycles. The molecule has 1 aromatic heterocycles. The van der Waals surface area contributed by atoms with Gasteiger partial charge in [0.15, 0.2) is 0 Å². The number of anilines is 2. The molecule has 1 aromatic rings. The van der Waals surface area contributed by atoms with Gasteiger partial charge < -0.3 is 10.7 Å². The van der Waals surface area contributed by atoms with Crippen molar-refractivity contribution in [3.63, 3.8) is 0 Å². The lowest BCUT2D eigenvalue weighted by Crippen LogP contribution is -2.22. The fraction of sp³-hybridized carbons (Fsp3) is 0.556. The molecule has 6 heteroatoms. The van der Waals surface area contributed by atoms with E-state index in [-0.39, 0.29) is 0 Å². The summed E-state index contributed by atoms with van der Waals surface area (Å²) in [6.45, 7) is 2.15. The van der Waals surface area contributed by atoms with Gasteiger partial charge in [-0.25, -0.2) is 15.8 Å². The zero-order chi connectivity index (χ0) is 11.1. The topological polar surface area (TPSA) is 75.9 Å². The predicted octanol–water partition coefficient (Wildman–Crippen LogP) is 1.32. The summed E-state index contributed by atoms with van der Waals surface area (Å²) in [7, 11) is 0. The number of nitrogen functional groups attached to an aromatic ring is 1. The number of nitrogens with two attached hydrogens (primary N) is 1. The van der Waals surface area contributed by atoms with Crippen LogP contribution in [0.1, 0.15) is 13.3 Å². The first-order valence-electron chi connectivity index (χ1n) is 4.84. The maximum absolute atomic E-state index is 5.27. The summed E-state index contributed by atoms with van der Waals surface area (Å²) in [5.41, 5.74) is 2.49. The Morgan fingerprint density at radius 3 is 2.80 bits per heavy atom. The number of aromatic nitrogens is 2. The summed E-state index contributed by atoms with van der Waals surface area (Å²) in [6, 6.07) is 2.23. The summed E-state index contributed by atoms with van der Waals surface area (Å²) in [5.74, 6) is 7.75. The van der Waals surface area contributed by atoms with Crippen molar-refractivity contribution in [3.05, 3.63) is 12.4 Å². The van der Waals surface area contributed by atoms with Crippen LogP contribution in [0.2, 0.25) is 0 Å². The molecule has 4 N–H and O–H groups in total. The molecular formula is C9H17N5S. The molecule has 0 radical (unpaired) electrons. The van der Waals surface area contributed by atoms with Crippen molar-refractivity contribution in [2.75, 3.05) is 22.8 Å². The number of nitrogens with one attached hydrogen (secondary N) is 2. The van der Waals surface area contributed by atoms with Crippen LogP contribution in [0.3, 0.4) is 0 Å². The lowest BCUT2D eigenvalue weighted by molar-refractivity contribution is 0.769. The van der Waals surface area contributed by atoms with Crippen LogP contribution < -0.4 is 16.6 Å². The Labute approximate surface area is 94.2 Å². The quantitative estimate of drug-likeness (QED) is 0.502. The zero-order valence-corrected chi connectivity index (χ0v) is 9.84. The van der Waals surface area contributed by atoms with Gasteiger partial charge in [0.1, 0.15) is 18.0 Å². The molecule has 0 spiro atoms. The van der Waals surface area contributed by atoms with E-state index in [0.717, 1.165) is 18.0 Å². The minimum Gasteiger partial charge on any atom is -0.366 e. The number of rotatable bonds is 6. The standard InChI is InChI=1S/C9H17N5S/c1-3-7(5-15-2)13-8-4-9(14-10)12-6-11-8/h4,6-7H,3,5,10H2,1-2H3,(H2,11,12,13,14). The molecule has 1 atom stereocenters. The number of hydrazine groups is 1. The van der Waals surface area contributed by atoms with Crippen molar-refractivity contribution in [3.8, 4) is 0 Å². The number of nitrogens with zero attached hydrogens (tertiary/aromatic N) is 2. The van der Waals surface area contributed by atoms with Crippen LogP contribution in [0.5, 0.6) is 0 Å². The smallest absolute Gasteiger partial charge is 0.145 e. The molecular weight excluding hydrogens is 210 g/mol. The van der Waals surface area contributed by atoms with Gasteiger partial charge >= 0.3 is 0 Å². The monoisotopic (exact) mass is 227 g/mol. The number of thioether (sulfide) groups is 1. The van der Waals surface area contributed by atoms with E-state index < -0.39 is 0 Å². The third kappa shape index (κ3) is 3.93. The Bertz CT molecular complexity index is 294. The van der Waals surface area contributed by atoms with Gasteiger partial charge in [-0.15, -0.1) is 0 Å². The Balaban J connectivity index is 2.61. The highest BCUT2D eigenvalue weighted by molar-refractivity contribution is 7.98. The minimum atomic E-state index is 0.431. The van der Waals surface area contributed by atoms with Crippen LogP contribution in [0.4, 0.5) is 11.6 Å². The van der Waals surface area contributed by atoms with Crippen LogP contribution in [-0.4, -0.2) is 28.0 Å². The minimum absolute atomic E-state index is 0.431. The highest BCUT2D eigenvalue weighted by Gasteiger charge is 2.06. The second-order valence-corrected chi connectivity index (χ2v) is 4.05. The molecule has 5 nitrogen and oxygen atoms in total. The second kappa shape index (κ2) is 6.47. The van der Waals surface area contributed by atoms with Gasteiger partial charge in [0.05, 0.1) is 0 Å². The molecule has 1 rings (SSSR count). The van der Waals surface area contributed by atoms with E-state index in [9.17, 15) is 0 Å². The van der Waals surface area contributed by atoms with Gasteiger partial charge in [0.2, 0.25) is 0 Å². The van der Waals surface area contributed by atoms with Crippen molar-refractivity contribution in [1.82, 2.24) is 9.97 Å². The van der Waals surface area contributed by atoms with Crippen LogP contribution in [0, 0.1) is 0 Å². The zero-order valence-electron chi connectivity index (χ0n) is 9.03. The maximum Gasteiger partial charge on any atom is 0.145 e. The fourth-order valence-electron chi connectivity index (χ4n) is 1.19. The first-order chi connectivity index (χ1) is 7.30.